The van der Waals surface area contributed by atoms with E-state index in [0.717, 1.165) is 24.7 Å². The van der Waals surface area contributed by atoms with Crippen molar-refractivity contribution >= 4 is 11.3 Å². The Morgan fingerprint density at radius 1 is 1.23 bits per heavy atom. The Hall–Kier alpha value is -2.05. The van der Waals surface area contributed by atoms with Crippen molar-refractivity contribution < 1.29 is 4.90 Å². The summed E-state index contributed by atoms with van der Waals surface area (Å²) in [5.41, 5.74) is 1.32. The SMILES string of the molecule is C[C@@H]1CCC[NH+]([C@@H](c2cccs2)c2nnnn2CCc2ccccc2)C1. The van der Waals surface area contributed by atoms with Crippen LogP contribution in [-0.4, -0.2) is 33.3 Å². The summed E-state index contributed by atoms with van der Waals surface area (Å²) in [6, 6.07) is 15.2. The third kappa shape index (κ3) is 3.86. The normalized spacial score (nSPS) is 21.6. The number of nitrogens with zero attached hydrogens (tertiary/aromatic N) is 4. The first-order valence-electron chi connectivity index (χ1n) is 9.49. The molecule has 0 spiro atoms. The fourth-order valence-corrected chi connectivity index (χ4v) is 4.89. The maximum atomic E-state index is 4.47. The molecule has 1 saturated heterocycles. The molecule has 1 fully saturated rings. The average Bonchev–Trinajstić information content (AvgIpc) is 3.34. The van der Waals surface area contributed by atoms with Crippen LogP contribution < -0.4 is 4.90 Å². The first-order chi connectivity index (χ1) is 12.8. The van der Waals surface area contributed by atoms with Gasteiger partial charge in [-0.1, -0.05) is 43.3 Å². The Morgan fingerprint density at radius 3 is 2.88 bits per heavy atom. The molecule has 1 unspecified atom stereocenters. The van der Waals surface area contributed by atoms with E-state index < -0.39 is 0 Å². The van der Waals surface area contributed by atoms with Crippen LogP contribution in [-0.2, 0) is 13.0 Å². The fraction of sp³-hybridized carbons (Fsp3) is 0.450. The van der Waals surface area contributed by atoms with Gasteiger partial charge in [-0.15, -0.1) is 16.4 Å². The maximum Gasteiger partial charge on any atom is 0.215 e. The van der Waals surface area contributed by atoms with Gasteiger partial charge in [-0.25, -0.2) is 4.68 Å². The van der Waals surface area contributed by atoms with Crippen LogP contribution in [0.2, 0.25) is 0 Å². The number of rotatable bonds is 6. The third-order valence-electron chi connectivity index (χ3n) is 5.31. The molecule has 6 heteroatoms. The Kier molecular flexibility index (Phi) is 5.41. The van der Waals surface area contributed by atoms with Gasteiger partial charge < -0.3 is 4.90 Å². The number of hydrogen-bond acceptors (Lipinski definition) is 4. The molecule has 0 bridgehead atoms. The van der Waals surface area contributed by atoms with Crippen LogP contribution in [0.3, 0.4) is 0 Å². The van der Waals surface area contributed by atoms with Gasteiger partial charge in [0.15, 0.2) is 6.04 Å². The van der Waals surface area contributed by atoms with Gasteiger partial charge >= 0.3 is 0 Å². The lowest BCUT2D eigenvalue weighted by Crippen LogP contribution is -3.14. The molecule has 0 radical (unpaired) electrons. The number of aromatic nitrogens is 4. The highest BCUT2D eigenvalue weighted by Crippen LogP contribution is 2.23. The smallest absolute Gasteiger partial charge is 0.215 e. The van der Waals surface area contributed by atoms with Gasteiger partial charge in [0.2, 0.25) is 5.82 Å². The number of hydrogen-bond donors (Lipinski definition) is 1. The quantitative estimate of drug-likeness (QED) is 0.727. The summed E-state index contributed by atoms with van der Waals surface area (Å²) in [7, 11) is 0. The molecule has 0 aliphatic carbocycles. The van der Waals surface area contributed by atoms with Crippen molar-refractivity contribution in [2.45, 2.75) is 38.8 Å². The highest BCUT2D eigenvalue weighted by Gasteiger charge is 2.34. The molecule has 2 aromatic heterocycles. The van der Waals surface area contributed by atoms with Crippen LogP contribution in [0.5, 0.6) is 0 Å². The van der Waals surface area contributed by atoms with E-state index >= 15 is 0 Å². The zero-order chi connectivity index (χ0) is 17.8. The first-order valence-corrected chi connectivity index (χ1v) is 10.4. The second-order valence-electron chi connectivity index (χ2n) is 7.30. The summed E-state index contributed by atoms with van der Waals surface area (Å²) < 4.78 is 2.02. The molecule has 1 N–H and O–H groups in total. The molecular formula is C20H26N5S+. The summed E-state index contributed by atoms with van der Waals surface area (Å²) in [4.78, 5) is 2.96. The molecule has 1 aliphatic heterocycles. The summed E-state index contributed by atoms with van der Waals surface area (Å²) >= 11 is 1.82. The lowest BCUT2D eigenvalue weighted by Gasteiger charge is -2.33. The summed E-state index contributed by atoms with van der Waals surface area (Å²) in [6.07, 6.45) is 3.56. The van der Waals surface area contributed by atoms with E-state index in [4.69, 9.17) is 0 Å². The van der Waals surface area contributed by atoms with Gasteiger partial charge in [0.05, 0.1) is 18.0 Å². The molecule has 4 rings (SSSR count). The van der Waals surface area contributed by atoms with Gasteiger partial charge in [-0.3, -0.25) is 0 Å². The van der Waals surface area contributed by atoms with Crippen molar-refractivity contribution in [1.82, 2.24) is 20.2 Å². The minimum atomic E-state index is 0.239. The number of benzene rings is 1. The van der Waals surface area contributed by atoms with E-state index in [0.29, 0.717) is 0 Å². The second kappa shape index (κ2) is 8.10. The van der Waals surface area contributed by atoms with E-state index in [1.807, 2.05) is 16.0 Å². The van der Waals surface area contributed by atoms with E-state index in [1.165, 1.54) is 36.4 Å². The first kappa shape index (κ1) is 17.4. The second-order valence-corrected chi connectivity index (χ2v) is 8.28. The number of likely N-dealkylation sites (tertiary alicyclic amines) is 1. The van der Waals surface area contributed by atoms with Crippen LogP contribution in [0, 0.1) is 5.92 Å². The van der Waals surface area contributed by atoms with Crippen molar-refractivity contribution in [1.29, 1.82) is 0 Å². The van der Waals surface area contributed by atoms with Gasteiger partial charge in [0, 0.05) is 12.5 Å². The Labute approximate surface area is 158 Å². The predicted molar refractivity (Wildman–Crippen MR) is 103 cm³/mol. The minimum Gasteiger partial charge on any atom is -0.321 e. The molecule has 0 amide bonds. The fourth-order valence-electron chi connectivity index (χ4n) is 4.02. The lowest BCUT2D eigenvalue weighted by molar-refractivity contribution is -0.934. The largest absolute Gasteiger partial charge is 0.321 e. The van der Waals surface area contributed by atoms with Gasteiger partial charge in [0.1, 0.15) is 0 Å². The topological polar surface area (TPSA) is 48.0 Å². The highest BCUT2D eigenvalue weighted by atomic mass is 32.1. The maximum absolute atomic E-state index is 4.47. The third-order valence-corrected chi connectivity index (χ3v) is 6.25. The molecule has 26 heavy (non-hydrogen) atoms. The molecule has 1 aromatic carbocycles. The zero-order valence-corrected chi connectivity index (χ0v) is 16.0. The average molecular weight is 369 g/mol. The number of thiophene rings is 1. The minimum absolute atomic E-state index is 0.239. The highest BCUT2D eigenvalue weighted by molar-refractivity contribution is 7.10. The molecule has 3 heterocycles. The van der Waals surface area contributed by atoms with Crippen LogP contribution in [0.15, 0.2) is 47.8 Å². The monoisotopic (exact) mass is 368 g/mol. The molecule has 5 nitrogen and oxygen atoms in total. The van der Waals surface area contributed by atoms with E-state index in [2.05, 4.69) is 70.3 Å². The van der Waals surface area contributed by atoms with Crippen LogP contribution in [0.1, 0.15) is 42.1 Å². The van der Waals surface area contributed by atoms with E-state index in [-0.39, 0.29) is 6.04 Å². The molecule has 1 aliphatic rings. The Balaban J connectivity index is 1.59. The van der Waals surface area contributed by atoms with Crippen LogP contribution in [0.4, 0.5) is 0 Å². The van der Waals surface area contributed by atoms with Gasteiger partial charge in [0.25, 0.3) is 0 Å². The van der Waals surface area contributed by atoms with Crippen LogP contribution in [0.25, 0.3) is 0 Å². The van der Waals surface area contributed by atoms with Crippen molar-refractivity contribution in [2.24, 2.45) is 5.92 Å². The van der Waals surface area contributed by atoms with Crippen molar-refractivity contribution in [2.75, 3.05) is 13.1 Å². The van der Waals surface area contributed by atoms with Gasteiger partial charge in [-0.2, -0.15) is 0 Å². The predicted octanol–water partition coefficient (Wildman–Crippen LogP) is 2.38. The number of aryl methyl sites for hydroxylation is 2. The summed E-state index contributed by atoms with van der Waals surface area (Å²) in [5.74, 6) is 1.77. The number of tetrazole rings is 1. The molecule has 136 valence electrons. The van der Waals surface area contributed by atoms with Crippen molar-refractivity contribution in [3.05, 3.63) is 64.1 Å². The standard InChI is InChI=1S/C20H25N5S/c1-16-7-5-12-24(15-16)19(18-10-6-14-26-18)20-21-22-23-25(20)13-11-17-8-3-2-4-9-17/h2-4,6,8-10,14,16,19H,5,7,11-13,15H2,1H3/p+1/t16-,19+/m1/s1. The molecule has 3 aromatic rings. The number of quaternary nitrogens is 1. The number of nitrogens with one attached hydrogen (secondary N) is 1. The Bertz CT molecular complexity index is 799. The lowest BCUT2D eigenvalue weighted by atomic mass is 9.98. The summed E-state index contributed by atoms with van der Waals surface area (Å²) in [6.45, 7) is 5.56. The van der Waals surface area contributed by atoms with Crippen molar-refractivity contribution in [3.63, 3.8) is 0 Å². The van der Waals surface area contributed by atoms with E-state index in [1.54, 1.807) is 4.90 Å². The van der Waals surface area contributed by atoms with Crippen molar-refractivity contribution in [3.8, 4) is 0 Å². The van der Waals surface area contributed by atoms with Gasteiger partial charge in [-0.05, 0) is 46.7 Å². The molecular weight excluding hydrogens is 342 g/mol. The van der Waals surface area contributed by atoms with E-state index in [9.17, 15) is 0 Å². The number of piperidine rings is 1. The van der Waals surface area contributed by atoms with Crippen LogP contribution >= 0.6 is 11.3 Å². The summed E-state index contributed by atoms with van der Waals surface area (Å²) in [5, 5.41) is 15.0. The Morgan fingerprint density at radius 2 is 2.12 bits per heavy atom. The molecule has 3 atom stereocenters. The molecule has 0 saturated carbocycles. The zero-order valence-electron chi connectivity index (χ0n) is 15.2.